The summed E-state index contributed by atoms with van der Waals surface area (Å²) < 4.78 is 0. The maximum absolute atomic E-state index is 11.1. The van der Waals surface area contributed by atoms with Crippen LogP contribution in [0.5, 0.6) is 0 Å². The van der Waals surface area contributed by atoms with Crippen LogP contribution in [0.3, 0.4) is 0 Å². The largest absolute Gasteiger partial charge is 0.349 e. The molecule has 2 nitrogen and oxygen atoms in total. The number of hydrogen-bond acceptors (Lipinski definition) is 1. The third-order valence-corrected chi connectivity index (χ3v) is 1.63. The Hall–Kier alpha value is -1.05. The maximum atomic E-state index is 11.1. The van der Waals surface area contributed by atoms with Crippen LogP contribution in [0.1, 0.15) is 19.8 Å². The molecular weight excluding hydrogens is 150 g/mol. The lowest BCUT2D eigenvalue weighted by atomic mass is 10.1. The SMILES string of the molecule is C=C/C=C(\C)CCC(=O)N(C)C. The van der Waals surface area contributed by atoms with E-state index in [1.807, 2.05) is 13.0 Å². The molecule has 0 aromatic heterocycles. The number of allylic oxidation sites excluding steroid dienone is 3. The van der Waals surface area contributed by atoms with Crippen LogP contribution in [0, 0.1) is 0 Å². The van der Waals surface area contributed by atoms with Crippen LogP contribution < -0.4 is 0 Å². The summed E-state index contributed by atoms with van der Waals surface area (Å²) in [5.74, 6) is 0.173. The van der Waals surface area contributed by atoms with Gasteiger partial charge in [-0.15, -0.1) is 0 Å². The molecule has 68 valence electrons. The van der Waals surface area contributed by atoms with Crippen molar-refractivity contribution in [1.29, 1.82) is 0 Å². The predicted octanol–water partition coefficient (Wildman–Crippen LogP) is 1.99. The van der Waals surface area contributed by atoms with Crippen molar-refractivity contribution < 1.29 is 4.79 Å². The van der Waals surface area contributed by atoms with Crippen LogP contribution in [0.4, 0.5) is 0 Å². The molecule has 0 saturated heterocycles. The minimum Gasteiger partial charge on any atom is -0.349 e. The molecule has 0 saturated carbocycles. The lowest BCUT2D eigenvalue weighted by Crippen LogP contribution is -2.21. The van der Waals surface area contributed by atoms with Crippen LogP contribution in [-0.4, -0.2) is 24.9 Å². The molecule has 0 aliphatic carbocycles. The molecule has 12 heavy (non-hydrogen) atoms. The number of carbonyl (C=O) groups is 1. The first-order chi connectivity index (χ1) is 5.57. The zero-order valence-corrected chi connectivity index (χ0v) is 8.13. The molecular formula is C10H17NO. The molecule has 0 fully saturated rings. The van der Waals surface area contributed by atoms with E-state index >= 15 is 0 Å². The third-order valence-electron chi connectivity index (χ3n) is 1.63. The molecule has 0 aromatic rings. The van der Waals surface area contributed by atoms with E-state index in [9.17, 15) is 4.79 Å². The average Bonchev–Trinajstić information content (AvgIpc) is 2.00. The lowest BCUT2D eigenvalue weighted by molar-refractivity contribution is -0.128. The summed E-state index contributed by atoms with van der Waals surface area (Å²) >= 11 is 0. The van der Waals surface area contributed by atoms with Gasteiger partial charge in [-0.2, -0.15) is 0 Å². The van der Waals surface area contributed by atoms with Gasteiger partial charge in [0.1, 0.15) is 0 Å². The van der Waals surface area contributed by atoms with Gasteiger partial charge >= 0.3 is 0 Å². The first kappa shape index (κ1) is 11.0. The Morgan fingerprint density at radius 2 is 2.00 bits per heavy atom. The van der Waals surface area contributed by atoms with Gasteiger partial charge in [0.05, 0.1) is 0 Å². The molecule has 0 N–H and O–H groups in total. The van der Waals surface area contributed by atoms with E-state index in [0.717, 1.165) is 6.42 Å². The Morgan fingerprint density at radius 1 is 1.42 bits per heavy atom. The molecule has 0 aromatic carbocycles. The van der Waals surface area contributed by atoms with Crippen molar-refractivity contribution in [2.45, 2.75) is 19.8 Å². The van der Waals surface area contributed by atoms with Crippen molar-refractivity contribution in [3.63, 3.8) is 0 Å². The first-order valence-electron chi connectivity index (χ1n) is 4.06. The highest BCUT2D eigenvalue weighted by atomic mass is 16.2. The van der Waals surface area contributed by atoms with Crippen molar-refractivity contribution in [2.75, 3.05) is 14.1 Å². The van der Waals surface area contributed by atoms with Crippen LogP contribution >= 0.6 is 0 Å². The van der Waals surface area contributed by atoms with Crippen LogP contribution in [0.25, 0.3) is 0 Å². The average molecular weight is 167 g/mol. The zero-order chi connectivity index (χ0) is 9.56. The van der Waals surface area contributed by atoms with E-state index in [1.54, 1.807) is 25.1 Å². The monoisotopic (exact) mass is 167 g/mol. The van der Waals surface area contributed by atoms with E-state index in [0.29, 0.717) is 6.42 Å². The second kappa shape index (κ2) is 5.58. The van der Waals surface area contributed by atoms with E-state index in [-0.39, 0.29) is 5.91 Å². The minimum absolute atomic E-state index is 0.173. The standard InChI is InChI=1S/C10H17NO/c1-5-6-9(2)7-8-10(12)11(3)4/h5-6H,1,7-8H2,2-4H3/b9-6+. The van der Waals surface area contributed by atoms with Crippen molar-refractivity contribution in [3.8, 4) is 0 Å². The summed E-state index contributed by atoms with van der Waals surface area (Å²) in [6.45, 7) is 5.60. The van der Waals surface area contributed by atoms with E-state index < -0.39 is 0 Å². The summed E-state index contributed by atoms with van der Waals surface area (Å²) in [6, 6.07) is 0. The number of rotatable bonds is 4. The number of amides is 1. The molecule has 0 aliphatic heterocycles. The Labute approximate surface area is 74.6 Å². The highest BCUT2D eigenvalue weighted by molar-refractivity contribution is 5.75. The van der Waals surface area contributed by atoms with E-state index in [1.165, 1.54) is 5.57 Å². The van der Waals surface area contributed by atoms with Crippen molar-refractivity contribution in [2.24, 2.45) is 0 Å². The van der Waals surface area contributed by atoms with Crippen molar-refractivity contribution in [3.05, 3.63) is 24.3 Å². The second-order valence-corrected chi connectivity index (χ2v) is 3.04. The molecule has 0 atom stereocenters. The maximum Gasteiger partial charge on any atom is 0.222 e. The normalized spacial score (nSPS) is 11.1. The molecule has 0 heterocycles. The van der Waals surface area contributed by atoms with Crippen LogP contribution in [0.2, 0.25) is 0 Å². The molecule has 0 spiro atoms. The number of hydrogen-bond donors (Lipinski definition) is 0. The van der Waals surface area contributed by atoms with Gasteiger partial charge in [0.15, 0.2) is 0 Å². The van der Waals surface area contributed by atoms with Gasteiger partial charge in [-0.1, -0.05) is 24.3 Å². The Bertz CT molecular complexity index is 192. The summed E-state index contributed by atoms with van der Waals surface area (Å²) in [5.41, 5.74) is 1.19. The summed E-state index contributed by atoms with van der Waals surface area (Å²) in [5, 5.41) is 0. The number of carbonyl (C=O) groups excluding carboxylic acids is 1. The number of nitrogens with zero attached hydrogens (tertiary/aromatic N) is 1. The molecule has 0 rings (SSSR count). The molecule has 0 unspecified atom stereocenters. The van der Waals surface area contributed by atoms with Crippen LogP contribution in [0.15, 0.2) is 24.3 Å². The van der Waals surface area contributed by atoms with Gasteiger partial charge in [-0.05, 0) is 13.3 Å². The zero-order valence-electron chi connectivity index (χ0n) is 8.13. The Balaban J connectivity index is 3.76. The van der Waals surface area contributed by atoms with E-state index in [4.69, 9.17) is 0 Å². The quantitative estimate of drug-likeness (QED) is 0.586. The van der Waals surface area contributed by atoms with Crippen molar-refractivity contribution >= 4 is 5.91 Å². The summed E-state index contributed by atoms with van der Waals surface area (Å²) in [6.07, 6.45) is 5.09. The lowest BCUT2D eigenvalue weighted by Gasteiger charge is -2.09. The molecule has 2 heteroatoms. The molecule has 0 aliphatic rings. The Kier molecular flexibility index (Phi) is 5.09. The van der Waals surface area contributed by atoms with Gasteiger partial charge < -0.3 is 4.90 Å². The van der Waals surface area contributed by atoms with Gasteiger partial charge in [0, 0.05) is 20.5 Å². The third kappa shape index (κ3) is 4.72. The molecule has 0 bridgehead atoms. The van der Waals surface area contributed by atoms with Gasteiger partial charge in [-0.25, -0.2) is 0 Å². The molecule has 0 radical (unpaired) electrons. The molecule has 1 amide bonds. The predicted molar refractivity (Wildman–Crippen MR) is 51.9 cm³/mol. The smallest absolute Gasteiger partial charge is 0.222 e. The van der Waals surface area contributed by atoms with Crippen LogP contribution in [-0.2, 0) is 4.79 Å². The van der Waals surface area contributed by atoms with E-state index in [2.05, 4.69) is 6.58 Å². The van der Waals surface area contributed by atoms with Gasteiger partial charge in [0.25, 0.3) is 0 Å². The van der Waals surface area contributed by atoms with Gasteiger partial charge in [-0.3, -0.25) is 4.79 Å². The topological polar surface area (TPSA) is 20.3 Å². The summed E-state index contributed by atoms with van der Waals surface area (Å²) in [4.78, 5) is 12.7. The minimum atomic E-state index is 0.173. The fourth-order valence-electron chi connectivity index (χ4n) is 0.812. The van der Waals surface area contributed by atoms with Gasteiger partial charge in [0.2, 0.25) is 5.91 Å². The highest BCUT2D eigenvalue weighted by Gasteiger charge is 2.02. The highest BCUT2D eigenvalue weighted by Crippen LogP contribution is 2.04. The first-order valence-corrected chi connectivity index (χ1v) is 4.06. The second-order valence-electron chi connectivity index (χ2n) is 3.04. The fourth-order valence-corrected chi connectivity index (χ4v) is 0.812. The Morgan fingerprint density at radius 3 is 2.42 bits per heavy atom. The summed E-state index contributed by atoms with van der Waals surface area (Å²) in [7, 11) is 3.55. The van der Waals surface area contributed by atoms with Crippen molar-refractivity contribution in [1.82, 2.24) is 4.90 Å². The fraction of sp³-hybridized carbons (Fsp3) is 0.500.